The van der Waals surface area contributed by atoms with Crippen LogP contribution in [0.2, 0.25) is 0 Å². The maximum Gasteiger partial charge on any atom is 0.123 e. The van der Waals surface area contributed by atoms with Crippen LogP contribution in [-0.2, 0) is 0 Å². The van der Waals surface area contributed by atoms with E-state index in [9.17, 15) is 0 Å². The third kappa shape index (κ3) is 2.91. The first-order chi connectivity index (χ1) is 6.77. The van der Waals surface area contributed by atoms with E-state index in [2.05, 4.69) is 26.5 Å². The molecule has 0 bridgehead atoms. The number of hydrogen-bond donors (Lipinski definition) is 0. The Bertz CT molecular complexity index is 291. The Balaban J connectivity index is 2.66. The second kappa shape index (κ2) is 5.48. The van der Waals surface area contributed by atoms with Gasteiger partial charge in [-0.3, -0.25) is 0 Å². The Morgan fingerprint density at radius 3 is 2.71 bits per heavy atom. The van der Waals surface area contributed by atoms with Gasteiger partial charge in [0.15, 0.2) is 0 Å². The van der Waals surface area contributed by atoms with Gasteiger partial charge in [-0.2, -0.15) is 0 Å². The molecule has 0 aliphatic carbocycles. The predicted molar refractivity (Wildman–Crippen MR) is 60.7 cm³/mol. The summed E-state index contributed by atoms with van der Waals surface area (Å²) in [6.07, 6.45) is 4.15. The number of aryl methyl sites for hydroxylation is 1. The molecule has 14 heavy (non-hydrogen) atoms. The highest BCUT2D eigenvalue weighted by atomic mass is 16.5. The van der Waals surface area contributed by atoms with Crippen LogP contribution in [0.3, 0.4) is 0 Å². The van der Waals surface area contributed by atoms with Crippen molar-refractivity contribution in [3.8, 4) is 5.75 Å². The standard InChI is InChI=1S/C13H18O/c1-4-8-12(5-2)14-13-10-7-6-9-11(13)3/h5-7,9-10,12H,2,4,8H2,1,3H3. The first kappa shape index (κ1) is 10.8. The molecule has 1 heteroatoms. The first-order valence-corrected chi connectivity index (χ1v) is 5.12. The molecule has 0 saturated carbocycles. The number of hydrogen-bond acceptors (Lipinski definition) is 1. The highest BCUT2D eigenvalue weighted by Gasteiger charge is 2.05. The van der Waals surface area contributed by atoms with Gasteiger partial charge in [-0.05, 0) is 25.0 Å². The van der Waals surface area contributed by atoms with Crippen LogP contribution >= 0.6 is 0 Å². The van der Waals surface area contributed by atoms with Gasteiger partial charge in [-0.15, -0.1) is 0 Å². The van der Waals surface area contributed by atoms with Crippen molar-refractivity contribution in [3.63, 3.8) is 0 Å². The third-order valence-electron chi connectivity index (χ3n) is 2.21. The smallest absolute Gasteiger partial charge is 0.123 e. The van der Waals surface area contributed by atoms with E-state index in [0.29, 0.717) is 0 Å². The monoisotopic (exact) mass is 190 g/mol. The van der Waals surface area contributed by atoms with Crippen LogP contribution in [0.4, 0.5) is 0 Å². The summed E-state index contributed by atoms with van der Waals surface area (Å²) in [7, 11) is 0. The van der Waals surface area contributed by atoms with Crippen molar-refractivity contribution in [1.82, 2.24) is 0 Å². The van der Waals surface area contributed by atoms with Crippen LogP contribution in [0, 0.1) is 6.92 Å². The quantitative estimate of drug-likeness (QED) is 0.643. The summed E-state index contributed by atoms with van der Waals surface area (Å²) in [6, 6.07) is 8.07. The maximum atomic E-state index is 5.82. The summed E-state index contributed by atoms with van der Waals surface area (Å²) in [5.74, 6) is 0.964. The van der Waals surface area contributed by atoms with Gasteiger partial charge in [0.05, 0.1) is 0 Å². The zero-order valence-corrected chi connectivity index (χ0v) is 8.99. The molecule has 1 aromatic rings. The van der Waals surface area contributed by atoms with Crippen molar-refractivity contribution in [2.45, 2.75) is 32.8 Å². The molecule has 0 N–H and O–H groups in total. The van der Waals surface area contributed by atoms with Crippen LogP contribution in [0.5, 0.6) is 5.75 Å². The van der Waals surface area contributed by atoms with Gasteiger partial charge in [0.25, 0.3) is 0 Å². The van der Waals surface area contributed by atoms with Crippen LogP contribution in [0.25, 0.3) is 0 Å². The minimum absolute atomic E-state index is 0.140. The molecule has 0 saturated heterocycles. The zero-order valence-electron chi connectivity index (χ0n) is 8.99. The maximum absolute atomic E-state index is 5.82. The number of rotatable bonds is 5. The van der Waals surface area contributed by atoms with Crippen LogP contribution in [0.15, 0.2) is 36.9 Å². The minimum atomic E-state index is 0.140. The van der Waals surface area contributed by atoms with Gasteiger partial charge >= 0.3 is 0 Å². The number of ether oxygens (including phenoxy) is 1. The topological polar surface area (TPSA) is 9.23 Å². The highest BCUT2D eigenvalue weighted by Crippen LogP contribution is 2.19. The molecule has 0 radical (unpaired) electrons. The summed E-state index contributed by atoms with van der Waals surface area (Å²) in [4.78, 5) is 0. The fraction of sp³-hybridized carbons (Fsp3) is 0.385. The van der Waals surface area contributed by atoms with Crippen molar-refractivity contribution < 1.29 is 4.74 Å². The lowest BCUT2D eigenvalue weighted by Gasteiger charge is -2.16. The van der Waals surface area contributed by atoms with E-state index in [0.717, 1.165) is 18.6 Å². The number of benzene rings is 1. The second-order valence-corrected chi connectivity index (χ2v) is 3.45. The fourth-order valence-corrected chi connectivity index (χ4v) is 1.36. The van der Waals surface area contributed by atoms with E-state index < -0.39 is 0 Å². The molecule has 0 aliphatic rings. The molecule has 1 unspecified atom stereocenters. The van der Waals surface area contributed by atoms with Crippen LogP contribution in [-0.4, -0.2) is 6.10 Å². The van der Waals surface area contributed by atoms with Crippen molar-refractivity contribution in [3.05, 3.63) is 42.5 Å². The molecule has 1 nitrogen and oxygen atoms in total. The molecule has 0 amide bonds. The summed E-state index contributed by atoms with van der Waals surface area (Å²) >= 11 is 0. The predicted octanol–water partition coefficient (Wildman–Crippen LogP) is 3.73. The van der Waals surface area contributed by atoms with E-state index in [1.807, 2.05) is 24.3 Å². The van der Waals surface area contributed by atoms with Gasteiger partial charge < -0.3 is 4.74 Å². The molecular weight excluding hydrogens is 172 g/mol. The van der Waals surface area contributed by atoms with Gasteiger partial charge in [-0.1, -0.05) is 44.2 Å². The average molecular weight is 190 g/mol. The van der Waals surface area contributed by atoms with Gasteiger partial charge in [0.1, 0.15) is 11.9 Å². The number of para-hydroxylation sites is 1. The normalized spacial score (nSPS) is 12.1. The molecule has 1 aromatic carbocycles. The van der Waals surface area contributed by atoms with E-state index in [-0.39, 0.29) is 6.10 Å². The third-order valence-corrected chi connectivity index (χ3v) is 2.21. The van der Waals surface area contributed by atoms with E-state index in [1.165, 1.54) is 5.56 Å². The average Bonchev–Trinajstić information content (AvgIpc) is 2.20. The largest absolute Gasteiger partial charge is 0.486 e. The Morgan fingerprint density at radius 2 is 2.14 bits per heavy atom. The Hall–Kier alpha value is -1.24. The summed E-state index contributed by atoms with van der Waals surface area (Å²) in [5.41, 5.74) is 1.18. The van der Waals surface area contributed by atoms with Crippen molar-refractivity contribution in [1.29, 1.82) is 0 Å². The van der Waals surface area contributed by atoms with E-state index >= 15 is 0 Å². The molecule has 76 valence electrons. The Labute approximate surface area is 86.4 Å². The summed E-state index contributed by atoms with van der Waals surface area (Å²) < 4.78 is 5.82. The van der Waals surface area contributed by atoms with Gasteiger partial charge in [0.2, 0.25) is 0 Å². The SMILES string of the molecule is C=CC(CCC)Oc1ccccc1C. The Morgan fingerprint density at radius 1 is 1.43 bits per heavy atom. The van der Waals surface area contributed by atoms with E-state index in [4.69, 9.17) is 4.74 Å². The molecular formula is C13H18O. The second-order valence-electron chi connectivity index (χ2n) is 3.45. The minimum Gasteiger partial charge on any atom is -0.486 e. The summed E-state index contributed by atoms with van der Waals surface area (Å²) in [6.45, 7) is 7.99. The van der Waals surface area contributed by atoms with Crippen molar-refractivity contribution >= 4 is 0 Å². The van der Waals surface area contributed by atoms with E-state index in [1.54, 1.807) is 0 Å². The lowest BCUT2D eigenvalue weighted by atomic mass is 10.2. The molecule has 0 spiro atoms. The lowest BCUT2D eigenvalue weighted by Crippen LogP contribution is -2.13. The molecule has 1 atom stereocenters. The van der Waals surface area contributed by atoms with Crippen molar-refractivity contribution in [2.24, 2.45) is 0 Å². The lowest BCUT2D eigenvalue weighted by molar-refractivity contribution is 0.236. The van der Waals surface area contributed by atoms with Crippen LogP contribution in [0.1, 0.15) is 25.3 Å². The van der Waals surface area contributed by atoms with Gasteiger partial charge in [-0.25, -0.2) is 0 Å². The zero-order chi connectivity index (χ0) is 10.4. The first-order valence-electron chi connectivity index (χ1n) is 5.12. The molecule has 0 heterocycles. The van der Waals surface area contributed by atoms with Crippen molar-refractivity contribution in [2.75, 3.05) is 0 Å². The summed E-state index contributed by atoms with van der Waals surface area (Å²) in [5, 5.41) is 0. The molecule has 0 aromatic heterocycles. The Kier molecular flexibility index (Phi) is 4.24. The highest BCUT2D eigenvalue weighted by molar-refractivity contribution is 5.32. The fourth-order valence-electron chi connectivity index (χ4n) is 1.36. The van der Waals surface area contributed by atoms with Crippen LogP contribution < -0.4 is 4.74 Å². The molecule has 1 rings (SSSR count). The molecule has 0 aliphatic heterocycles. The van der Waals surface area contributed by atoms with Gasteiger partial charge in [0, 0.05) is 0 Å². The molecule has 0 fully saturated rings.